The van der Waals surface area contributed by atoms with Crippen molar-refractivity contribution in [3.05, 3.63) is 81.8 Å². The van der Waals surface area contributed by atoms with Gasteiger partial charge in [0.05, 0.1) is 5.69 Å². The van der Waals surface area contributed by atoms with E-state index in [2.05, 4.69) is 15.6 Å². The molecular formula is C23H27N5O2. The second kappa shape index (κ2) is 8.67. The minimum Gasteiger partial charge on any atom is -0.348 e. The highest BCUT2D eigenvalue weighted by atomic mass is 16.2. The standard InChI is InChI=1S/C23H27N5O2/c1-16-9-13-28(19-7-10-24-11-8-19)23(30)21(16)22(29)26-15-18-5-3-4-6-20(18)27-14-12-25-17(27)2/h3-6,9,12-14,19,24H,7-8,10-11,15H2,1-2H3,(H,26,29). The van der Waals surface area contributed by atoms with Crippen LogP contribution in [0, 0.1) is 13.8 Å². The van der Waals surface area contributed by atoms with E-state index in [1.807, 2.05) is 61.1 Å². The van der Waals surface area contributed by atoms with Crippen molar-refractivity contribution >= 4 is 5.91 Å². The number of nitrogens with zero attached hydrogens (tertiary/aromatic N) is 3. The lowest BCUT2D eigenvalue weighted by Crippen LogP contribution is -2.38. The van der Waals surface area contributed by atoms with Gasteiger partial charge in [-0.2, -0.15) is 0 Å². The highest BCUT2D eigenvalue weighted by molar-refractivity contribution is 5.95. The van der Waals surface area contributed by atoms with E-state index in [-0.39, 0.29) is 23.1 Å². The lowest BCUT2D eigenvalue weighted by atomic mass is 10.0. The molecule has 2 aromatic heterocycles. The summed E-state index contributed by atoms with van der Waals surface area (Å²) in [6, 6.07) is 9.86. The first-order valence-electron chi connectivity index (χ1n) is 10.3. The molecule has 0 radical (unpaired) electrons. The number of benzene rings is 1. The summed E-state index contributed by atoms with van der Waals surface area (Å²) in [5.74, 6) is 0.537. The molecule has 4 rings (SSSR count). The van der Waals surface area contributed by atoms with E-state index in [4.69, 9.17) is 0 Å². The summed E-state index contributed by atoms with van der Waals surface area (Å²) in [5, 5.41) is 6.26. The Labute approximate surface area is 175 Å². The Morgan fingerprint density at radius 2 is 1.93 bits per heavy atom. The maximum Gasteiger partial charge on any atom is 0.263 e. The maximum absolute atomic E-state index is 13.1. The van der Waals surface area contributed by atoms with E-state index in [1.165, 1.54) is 0 Å². The molecule has 0 spiro atoms. The molecule has 3 heterocycles. The molecule has 1 fully saturated rings. The highest BCUT2D eigenvalue weighted by Crippen LogP contribution is 2.18. The van der Waals surface area contributed by atoms with Crippen LogP contribution in [0.3, 0.4) is 0 Å². The van der Waals surface area contributed by atoms with Crippen LogP contribution in [0.4, 0.5) is 0 Å². The van der Waals surface area contributed by atoms with Crippen molar-refractivity contribution in [2.24, 2.45) is 0 Å². The number of amides is 1. The van der Waals surface area contributed by atoms with Crippen molar-refractivity contribution in [3.63, 3.8) is 0 Å². The first-order chi connectivity index (χ1) is 14.6. The minimum atomic E-state index is -0.335. The zero-order valence-electron chi connectivity index (χ0n) is 17.4. The summed E-state index contributed by atoms with van der Waals surface area (Å²) >= 11 is 0. The van der Waals surface area contributed by atoms with Crippen LogP contribution in [0.2, 0.25) is 0 Å². The Kier molecular flexibility index (Phi) is 5.81. The van der Waals surface area contributed by atoms with Gasteiger partial charge >= 0.3 is 0 Å². The average Bonchev–Trinajstić information content (AvgIpc) is 3.19. The van der Waals surface area contributed by atoms with Gasteiger partial charge in [-0.25, -0.2) is 4.98 Å². The molecule has 0 atom stereocenters. The zero-order valence-corrected chi connectivity index (χ0v) is 17.4. The molecule has 7 heteroatoms. The molecule has 1 saturated heterocycles. The van der Waals surface area contributed by atoms with Crippen LogP contribution in [0.25, 0.3) is 5.69 Å². The number of pyridine rings is 1. The molecule has 2 N–H and O–H groups in total. The first-order valence-corrected chi connectivity index (χ1v) is 10.3. The number of piperidine rings is 1. The third-order valence-electron chi connectivity index (χ3n) is 5.77. The van der Waals surface area contributed by atoms with E-state index in [9.17, 15) is 9.59 Å². The van der Waals surface area contributed by atoms with Crippen LogP contribution < -0.4 is 16.2 Å². The Morgan fingerprint density at radius 3 is 2.67 bits per heavy atom. The van der Waals surface area contributed by atoms with Crippen molar-refractivity contribution in [1.82, 2.24) is 24.8 Å². The normalized spacial score (nSPS) is 14.6. The molecule has 0 aliphatic carbocycles. The summed E-state index contributed by atoms with van der Waals surface area (Å²) in [6.45, 7) is 5.85. The van der Waals surface area contributed by atoms with Gasteiger partial charge in [-0.05, 0) is 63.0 Å². The van der Waals surface area contributed by atoms with Crippen LogP contribution in [-0.4, -0.2) is 33.1 Å². The predicted octanol–water partition coefficient (Wildman–Crippen LogP) is 2.51. The maximum atomic E-state index is 13.1. The molecule has 1 aliphatic rings. The van der Waals surface area contributed by atoms with Crippen molar-refractivity contribution < 1.29 is 4.79 Å². The predicted molar refractivity (Wildman–Crippen MR) is 116 cm³/mol. The topological polar surface area (TPSA) is 81.0 Å². The summed E-state index contributed by atoms with van der Waals surface area (Å²) in [4.78, 5) is 30.4. The second-order valence-electron chi connectivity index (χ2n) is 7.72. The number of para-hydroxylation sites is 1. The van der Waals surface area contributed by atoms with Crippen LogP contribution in [0.5, 0.6) is 0 Å². The largest absolute Gasteiger partial charge is 0.348 e. The Morgan fingerprint density at radius 1 is 1.17 bits per heavy atom. The SMILES string of the molecule is Cc1ccn(C2CCNCC2)c(=O)c1C(=O)NCc1ccccc1-n1ccnc1C. The van der Waals surface area contributed by atoms with Crippen LogP contribution in [-0.2, 0) is 6.54 Å². The van der Waals surface area contributed by atoms with Crippen molar-refractivity contribution in [1.29, 1.82) is 0 Å². The Bertz CT molecular complexity index is 1110. The van der Waals surface area contributed by atoms with Gasteiger partial charge in [-0.15, -0.1) is 0 Å². The number of hydrogen-bond acceptors (Lipinski definition) is 4. The lowest BCUT2D eigenvalue weighted by molar-refractivity contribution is 0.0947. The molecule has 156 valence electrons. The first kappa shape index (κ1) is 20.1. The monoisotopic (exact) mass is 405 g/mol. The van der Waals surface area contributed by atoms with Crippen LogP contribution >= 0.6 is 0 Å². The third kappa shape index (κ3) is 3.93. The molecule has 1 amide bonds. The Balaban J connectivity index is 1.57. The summed E-state index contributed by atoms with van der Waals surface area (Å²) in [5.41, 5.74) is 2.64. The van der Waals surface area contributed by atoms with E-state index in [0.29, 0.717) is 12.1 Å². The second-order valence-corrected chi connectivity index (χ2v) is 7.72. The van der Waals surface area contributed by atoms with Gasteiger partial charge in [0.2, 0.25) is 0 Å². The number of carbonyl (C=O) groups is 1. The molecule has 3 aromatic rings. The van der Waals surface area contributed by atoms with Gasteiger partial charge in [-0.3, -0.25) is 9.59 Å². The summed E-state index contributed by atoms with van der Waals surface area (Å²) in [7, 11) is 0. The molecule has 1 aliphatic heterocycles. The van der Waals surface area contributed by atoms with Crippen molar-refractivity contribution in [2.45, 2.75) is 39.3 Å². The fourth-order valence-corrected chi connectivity index (χ4v) is 4.08. The van der Waals surface area contributed by atoms with Gasteiger partial charge in [0, 0.05) is 31.2 Å². The lowest BCUT2D eigenvalue weighted by Gasteiger charge is -2.25. The summed E-state index contributed by atoms with van der Waals surface area (Å²) in [6.07, 6.45) is 7.25. The van der Waals surface area contributed by atoms with Gasteiger partial charge in [-0.1, -0.05) is 18.2 Å². The number of imidazole rings is 1. The van der Waals surface area contributed by atoms with Crippen molar-refractivity contribution in [3.8, 4) is 5.69 Å². The molecule has 0 saturated carbocycles. The molecule has 30 heavy (non-hydrogen) atoms. The minimum absolute atomic E-state index is 0.135. The number of carbonyl (C=O) groups excluding carboxylic acids is 1. The summed E-state index contributed by atoms with van der Waals surface area (Å²) < 4.78 is 3.71. The number of rotatable bonds is 5. The number of aryl methyl sites for hydroxylation is 2. The molecule has 7 nitrogen and oxygen atoms in total. The van der Waals surface area contributed by atoms with E-state index >= 15 is 0 Å². The third-order valence-corrected chi connectivity index (χ3v) is 5.77. The molecule has 1 aromatic carbocycles. The number of hydrogen-bond donors (Lipinski definition) is 2. The zero-order chi connectivity index (χ0) is 21.1. The van der Waals surface area contributed by atoms with Gasteiger partial charge in [0.1, 0.15) is 11.4 Å². The smallest absolute Gasteiger partial charge is 0.263 e. The highest BCUT2D eigenvalue weighted by Gasteiger charge is 2.21. The van der Waals surface area contributed by atoms with Gasteiger partial charge in [0.25, 0.3) is 11.5 Å². The number of nitrogens with one attached hydrogen (secondary N) is 2. The van der Waals surface area contributed by atoms with Crippen LogP contribution in [0.1, 0.15) is 46.2 Å². The van der Waals surface area contributed by atoms with Crippen molar-refractivity contribution in [2.75, 3.05) is 13.1 Å². The molecular weight excluding hydrogens is 378 g/mol. The molecule has 0 unspecified atom stereocenters. The van der Waals surface area contributed by atoms with E-state index < -0.39 is 0 Å². The van der Waals surface area contributed by atoms with Gasteiger partial charge in [0.15, 0.2) is 0 Å². The number of aromatic nitrogens is 3. The fraction of sp³-hybridized carbons (Fsp3) is 0.348. The van der Waals surface area contributed by atoms with Crippen LogP contribution in [0.15, 0.2) is 53.7 Å². The quantitative estimate of drug-likeness (QED) is 0.684. The van der Waals surface area contributed by atoms with Gasteiger partial charge < -0.3 is 19.8 Å². The Hall–Kier alpha value is -3.19. The average molecular weight is 406 g/mol. The molecule has 0 bridgehead atoms. The fourth-order valence-electron chi connectivity index (χ4n) is 4.08. The van der Waals surface area contributed by atoms with E-state index in [0.717, 1.165) is 43.0 Å². The van der Waals surface area contributed by atoms with E-state index in [1.54, 1.807) is 10.8 Å².